The maximum Gasteiger partial charge on any atom is 0.318 e. The summed E-state index contributed by atoms with van der Waals surface area (Å²) in [4.78, 5) is 13.9. The molecule has 2 N–H and O–H groups in total. The molecule has 0 aliphatic heterocycles. The largest absolute Gasteiger partial charge is 0.395 e. The lowest BCUT2D eigenvalue weighted by atomic mass is 10.1. The third-order valence-corrected chi connectivity index (χ3v) is 3.40. The molecule has 0 aliphatic rings. The smallest absolute Gasteiger partial charge is 0.318 e. The molecule has 0 unspecified atom stereocenters. The minimum absolute atomic E-state index is 0.0862. The van der Waals surface area contributed by atoms with Crippen LogP contribution in [0.25, 0.3) is 0 Å². The van der Waals surface area contributed by atoms with Crippen LogP contribution in [0.4, 0.5) is 4.79 Å². The molecule has 0 bridgehead atoms. The number of amides is 2. The first kappa shape index (κ1) is 16.5. The molecule has 0 saturated carbocycles. The van der Waals surface area contributed by atoms with Gasteiger partial charge >= 0.3 is 6.03 Å². The van der Waals surface area contributed by atoms with E-state index in [9.17, 15) is 4.79 Å². The van der Waals surface area contributed by atoms with E-state index >= 15 is 0 Å². The predicted molar refractivity (Wildman–Crippen MR) is 87.3 cm³/mol. The van der Waals surface area contributed by atoms with E-state index < -0.39 is 0 Å². The fourth-order valence-corrected chi connectivity index (χ4v) is 2.16. The second-order valence-electron chi connectivity index (χ2n) is 5.10. The monoisotopic (exact) mass is 309 g/mol. The number of rotatable bonds is 6. The van der Waals surface area contributed by atoms with Gasteiger partial charge in [0.15, 0.2) is 0 Å². The van der Waals surface area contributed by atoms with Gasteiger partial charge in [-0.25, -0.2) is 4.79 Å². The van der Waals surface area contributed by atoms with Crippen molar-refractivity contribution in [2.24, 2.45) is 0 Å². The number of benzene rings is 2. The molecule has 5 heteroatoms. The fourth-order valence-electron chi connectivity index (χ4n) is 2.16. The highest BCUT2D eigenvalue weighted by Gasteiger charge is 2.13. The first-order valence-corrected chi connectivity index (χ1v) is 7.39. The van der Waals surface area contributed by atoms with Crippen LogP contribution in [0.2, 0.25) is 0 Å². The number of urea groups is 1. The van der Waals surface area contributed by atoms with E-state index in [0.29, 0.717) is 18.7 Å². The Morgan fingerprint density at radius 1 is 1.09 bits per heavy atom. The van der Waals surface area contributed by atoms with Crippen molar-refractivity contribution < 1.29 is 9.90 Å². The number of hydrogen-bond donors (Lipinski definition) is 2. The first-order valence-electron chi connectivity index (χ1n) is 7.39. The van der Waals surface area contributed by atoms with Crippen LogP contribution in [0.3, 0.4) is 0 Å². The number of hydrogen-bond acceptors (Lipinski definition) is 3. The van der Waals surface area contributed by atoms with Crippen molar-refractivity contribution in [1.82, 2.24) is 10.2 Å². The van der Waals surface area contributed by atoms with E-state index in [0.717, 1.165) is 11.1 Å². The minimum Gasteiger partial charge on any atom is -0.395 e. The van der Waals surface area contributed by atoms with Gasteiger partial charge in [-0.1, -0.05) is 42.5 Å². The quantitative estimate of drug-likeness (QED) is 0.859. The molecular weight excluding hydrogens is 290 g/mol. The van der Waals surface area contributed by atoms with E-state index in [4.69, 9.17) is 10.4 Å². The Morgan fingerprint density at radius 3 is 2.39 bits per heavy atom. The molecule has 0 heterocycles. The summed E-state index contributed by atoms with van der Waals surface area (Å²) in [7, 11) is 0. The number of nitriles is 1. The molecule has 0 radical (unpaired) electrons. The standard InChI is InChI=1S/C18H19N3O2/c19-12-15-6-8-16(9-7-15)13-20-18(23)21(10-11-22)14-17-4-2-1-3-5-17/h1-9,22H,10-11,13-14H2,(H,20,23). The summed E-state index contributed by atoms with van der Waals surface area (Å²) < 4.78 is 0. The topological polar surface area (TPSA) is 76.4 Å². The second kappa shape index (κ2) is 8.57. The Labute approximate surface area is 135 Å². The lowest BCUT2D eigenvalue weighted by Crippen LogP contribution is -2.40. The van der Waals surface area contributed by atoms with Crippen LogP contribution >= 0.6 is 0 Å². The fraction of sp³-hybridized carbons (Fsp3) is 0.222. The van der Waals surface area contributed by atoms with Crippen molar-refractivity contribution in [2.45, 2.75) is 13.1 Å². The zero-order valence-electron chi connectivity index (χ0n) is 12.8. The highest BCUT2D eigenvalue weighted by molar-refractivity contribution is 5.74. The van der Waals surface area contributed by atoms with Crippen molar-refractivity contribution in [3.05, 3.63) is 71.3 Å². The lowest BCUT2D eigenvalue weighted by Gasteiger charge is -2.22. The number of nitrogens with one attached hydrogen (secondary N) is 1. The molecule has 2 rings (SSSR count). The molecule has 2 aromatic carbocycles. The van der Waals surface area contributed by atoms with Crippen LogP contribution in [0.15, 0.2) is 54.6 Å². The molecule has 0 spiro atoms. The maximum atomic E-state index is 12.3. The summed E-state index contributed by atoms with van der Waals surface area (Å²) in [6.07, 6.45) is 0. The SMILES string of the molecule is N#Cc1ccc(CNC(=O)N(CCO)Cc2ccccc2)cc1. The summed E-state index contributed by atoms with van der Waals surface area (Å²) in [5, 5.41) is 20.8. The molecule has 0 aromatic heterocycles. The van der Waals surface area contributed by atoms with Crippen molar-refractivity contribution in [3.63, 3.8) is 0 Å². The average molecular weight is 309 g/mol. The summed E-state index contributed by atoms with van der Waals surface area (Å²) >= 11 is 0. The summed E-state index contributed by atoms with van der Waals surface area (Å²) in [5.41, 5.74) is 2.52. The van der Waals surface area contributed by atoms with Crippen molar-refractivity contribution >= 4 is 6.03 Å². The zero-order valence-corrected chi connectivity index (χ0v) is 12.8. The van der Waals surface area contributed by atoms with Crippen LogP contribution in [0, 0.1) is 11.3 Å². The van der Waals surface area contributed by atoms with Gasteiger partial charge in [0.2, 0.25) is 0 Å². The van der Waals surface area contributed by atoms with Crippen LogP contribution in [0.5, 0.6) is 0 Å². The van der Waals surface area contributed by atoms with Gasteiger partial charge in [0, 0.05) is 19.6 Å². The first-order chi connectivity index (χ1) is 11.2. The Kier molecular flexibility index (Phi) is 6.16. The Bertz CT molecular complexity index is 663. The van der Waals surface area contributed by atoms with E-state index in [2.05, 4.69) is 11.4 Å². The van der Waals surface area contributed by atoms with Gasteiger partial charge in [0.05, 0.1) is 18.2 Å². The molecular formula is C18H19N3O2. The molecule has 0 aliphatic carbocycles. The highest BCUT2D eigenvalue weighted by Crippen LogP contribution is 2.06. The van der Waals surface area contributed by atoms with Crippen LogP contribution in [-0.2, 0) is 13.1 Å². The van der Waals surface area contributed by atoms with E-state index in [-0.39, 0.29) is 19.2 Å². The number of aliphatic hydroxyl groups is 1. The van der Waals surface area contributed by atoms with Gasteiger partial charge in [-0.3, -0.25) is 0 Å². The number of nitrogens with zero attached hydrogens (tertiary/aromatic N) is 2. The van der Waals surface area contributed by atoms with Gasteiger partial charge in [0.1, 0.15) is 0 Å². The summed E-state index contributed by atoms with van der Waals surface area (Å²) in [6.45, 7) is 1.01. The summed E-state index contributed by atoms with van der Waals surface area (Å²) in [6, 6.07) is 18.5. The van der Waals surface area contributed by atoms with Gasteiger partial charge in [0.25, 0.3) is 0 Å². The molecule has 0 atom stereocenters. The Balaban J connectivity index is 1.93. The summed E-state index contributed by atoms with van der Waals surface area (Å²) in [5.74, 6) is 0. The van der Waals surface area contributed by atoms with Crippen LogP contribution < -0.4 is 5.32 Å². The molecule has 2 amide bonds. The molecule has 118 valence electrons. The Hall–Kier alpha value is -2.84. The van der Waals surface area contributed by atoms with Gasteiger partial charge in [-0.2, -0.15) is 5.26 Å². The normalized spacial score (nSPS) is 9.91. The van der Waals surface area contributed by atoms with Crippen LogP contribution in [-0.4, -0.2) is 29.2 Å². The molecule has 23 heavy (non-hydrogen) atoms. The Morgan fingerprint density at radius 2 is 1.78 bits per heavy atom. The van der Waals surface area contributed by atoms with Gasteiger partial charge < -0.3 is 15.3 Å². The van der Waals surface area contributed by atoms with Crippen molar-refractivity contribution in [2.75, 3.05) is 13.2 Å². The molecule has 0 fully saturated rings. The predicted octanol–water partition coefficient (Wildman–Crippen LogP) is 2.26. The number of aliphatic hydroxyl groups excluding tert-OH is 1. The average Bonchev–Trinajstić information content (AvgIpc) is 2.60. The van der Waals surface area contributed by atoms with E-state index in [1.807, 2.05) is 42.5 Å². The maximum absolute atomic E-state index is 12.3. The third kappa shape index (κ3) is 5.13. The van der Waals surface area contributed by atoms with Crippen LogP contribution in [0.1, 0.15) is 16.7 Å². The highest BCUT2D eigenvalue weighted by atomic mass is 16.3. The lowest BCUT2D eigenvalue weighted by molar-refractivity contribution is 0.173. The molecule has 2 aromatic rings. The second-order valence-corrected chi connectivity index (χ2v) is 5.10. The van der Waals surface area contributed by atoms with Crippen molar-refractivity contribution in [1.29, 1.82) is 5.26 Å². The molecule has 0 saturated heterocycles. The van der Waals surface area contributed by atoms with E-state index in [1.54, 1.807) is 17.0 Å². The van der Waals surface area contributed by atoms with E-state index in [1.165, 1.54) is 0 Å². The van der Waals surface area contributed by atoms with Crippen molar-refractivity contribution in [3.8, 4) is 6.07 Å². The minimum atomic E-state index is -0.229. The zero-order chi connectivity index (χ0) is 16.5. The third-order valence-electron chi connectivity index (χ3n) is 3.40. The van der Waals surface area contributed by atoms with Gasteiger partial charge in [-0.05, 0) is 23.3 Å². The number of carbonyl (C=O) groups excluding carboxylic acids is 1. The number of carbonyl (C=O) groups is 1. The van der Waals surface area contributed by atoms with Gasteiger partial charge in [-0.15, -0.1) is 0 Å². The molecule has 5 nitrogen and oxygen atoms in total.